The lowest BCUT2D eigenvalue weighted by molar-refractivity contribution is 0.0997. The molecule has 4 nitrogen and oxygen atoms in total. The van der Waals surface area contributed by atoms with Crippen LogP contribution in [0.3, 0.4) is 0 Å². The second-order valence-corrected chi connectivity index (χ2v) is 3.83. The maximum Gasteiger partial charge on any atom is 0.291 e. The van der Waals surface area contributed by atoms with Crippen molar-refractivity contribution in [3.8, 4) is 0 Å². The highest BCUT2D eigenvalue weighted by atomic mass is 16.3. The van der Waals surface area contributed by atoms with E-state index in [2.05, 4.69) is 10.3 Å². The Hall–Kier alpha value is -2.62. The molecule has 0 aliphatic heterocycles. The van der Waals surface area contributed by atoms with Gasteiger partial charge in [-0.2, -0.15) is 0 Å². The molecule has 1 aromatic carbocycles. The number of nitrogens with one attached hydrogen (secondary N) is 1. The summed E-state index contributed by atoms with van der Waals surface area (Å²) in [5.74, 6) is 0.0206. The van der Waals surface area contributed by atoms with Crippen molar-refractivity contribution in [2.75, 3.05) is 5.32 Å². The fourth-order valence-corrected chi connectivity index (χ4v) is 1.81. The molecule has 0 unspecified atom stereocenters. The monoisotopic (exact) mass is 238 g/mol. The van der Waals surface area contributed by atoms with Crippen molar-refractivity contribution < 1.29 is 9.21 Å². The number of nitrogens with zero attached hydrogens (tertiary/aromatic N) is 1. The van der Waals surface area contributed by atoms with Crippen LogP contribution in [0.4, 0.5) is 5.69 Å². The highest BCUT2D eigenvalue weighted by molar-refractivity contribution is 6.07. The summed E-state index contributed by atoms with van der Waals surface area (Å²) in [5, 5.41) is 4.75. The predicted molar refractivity (Wildman–Crippen MR) is 68.4 cm³/mol. The molecule has 0 atom stereocenters. The topological polar surface area (TPSA) is 55.1 Å². The highest BCUT2D eigenvalue weighted by Crippen LogP contribution is 2.22. The third-order valence-electron chi connectivity index (χ3n) is 2.68. The molecule has 18 heavy (non-hydrogen) atoms. The molecule has 1 amide bonds. The summed E-state index contributed by atoms with van der Waals surface area (Å²) in [4.78, 5) is 16.0. The minimum absolute atomic E-state index is 0.267. The van der Waals surface area contributed by atoms with Gasteiger partial charge in [0.2, 0.25) is 0 Å². The van der Waals surface area contributed by atoms with Crippen LogP contribution in [-0.2, 0) is 0 Å². The Morgan fingerprint density at radius 3 is 2.94 bits per heavy atom. The van der Waals surface area contributed by atoms with E-state index in [1.54, 1.807) is 24.5 Å². The van der Waals surface area contributed by atoms with E-state index < -0.39 is 0 Å². The van der Waals surface area contributed by atoms with Gasteiger partial charge in [-0.3, -0.25) is 9.78 Å². The molecule has 2 aromatic heterocycles. The van der Waals surface area contributed by atoms with Gasteiger partial charge in [-0.05, 0) is 29.7 Å². The van der Waals surface area contributed by atoms with E-state index in [1.165, 1.54) is 6.26 Å². The fraction of sp³-hybridized carbons (Fsp3) is 0. The molecule has 0 spiro atoms. The van der Waals surface area contributed by atoms with Gasteiger partial charge in [-0.1, -0.05) is 12.1 Å². The standard InChI is InChI=1S/C14H10N2O2/c17-14(13-5-2-8-18-13)16-12-4-1-3-10-6-7-15-9-11(10)12/h1-9H,(H,16,17). The number of rotatable bonds is 2. The zero-order valence-electron chi connectivity index (χ0n) is 9.46. The van der Waals surface area contributed by atoms with E-state index in [-0.39, 0.29) is 11.7 Å². The Labute approximate surface area is 103 Å². The van der Waals surface area contributed by atoms with Gasteiger partial charge in [-0.25, -0.2) is 0 Å². The molecular weight excluding hydrogens is 228 g/mol. The van der Waals surface area contributed by atoms with Gasteiger partial charge in [0, 0.05) is 17.8 Å². The van der Waals surface area contributed by atoms with E-state index in [4.69, 9.17) is 4.42 Å². The molecule has 0 fully saturated rings. The van der Waals surface area contributed by atoms with Gasteiger partial charge in [0.1, 0.15) is 0 Å². The normalized spacial score (nSPS) is 10.4. The average Bonchev–Trinajstić information content (AvgIpc) is 2.93. The maximum absolute atomic E-state index is 11.9. The lowest BCUT2D eigenvalue weighted by atomic mass is 10.1. The van der Waals surface area contributed by atoms with Gasteiger partial charge >= 0.3 is 0 Å². The minimum atomic E-state index is -0.267. The van der Waals surface area contributed by atoms with E-state index in [0.717, 1.165) is 16.5 Å². The molecule has 0 saturated carbocycles. The summed E-state index contributed by atoms with van der Waals surface area (Å²) in [6.07, 6.45) is 4.92. The minimum Gasteiger partial charge on any atom is -0.459 e. The van der Waals surface area contributed by atoms with E-state index >= 15 is 0 Å². The summed E-state index contributed by atoms with van der Waals surface area (Å²) < 4.78 is 5.05. The number of fused-ring (bicyclic) bond motifs is 1. The van der Waals surface area contributed by atoms with Gasteiger partial charge < -0.3 is 9.73 Å². The molecule has 4 heteroatoms. The number of furan rings is 1. The molecule has 0 aliphatic rings. The third-order valence-corrected chi connectivity index (χ3v) is 2.68. The molecule has 3 rings (SSSR count). The molecule has 0 aliphatic carbocycles. The molecule has 0 radical (unpaired) electrons. The van der Waals surface area contributed by atoms with Crippen molar-refractivity contribution in [3.63, 3.8) is 0 Å². The zero-order chi connectivity index (χ0) is 12.4. The predicted octanol–water partition coefficient (Wildman–Crippen LogP) is 3.08. The Morgan fingerprint density at radius 2 is 2.11 bits per heavy atom. The molecule has 3 aromatic rings. The number of amides is 1. The molecule has 88 valence electrons. The van der Waals surface area contributed by atoms with Gasteiger partial charge in [0.05, 0.1) is 12.0 Å². The molecule has 0 bridgehead atoms. The van der Waals surface area contributed by atoms with Crippen molar-refractivity contribution >= 4 is 22.4 Å². The number of carbonyl (C=O) groups excluding carboxylic acids is 1. The molecule has 2 heterocycles. The number of benzene rings is 1. The van der Waals surface area contributed by atoms with Crippen LogP contribution >= 0.6 is 0 Å². The molecule has 1 N–H and O–H groups in total. The first-order valence-electron chi connectivity index (χ1n) is 5.52. The van der Waals surface area contributed by atoms with Gasteiger partial charge in [-0.15, -0.1) is 0 Å². The SMILES string of the molecule is O=C(Nc1cccc2ccncc12)c1ccco1. The number of anilines is 1. The number of carbonyl (C=O) groups is 1. The van der Waals surface area contributed by atoms with Crippen LogP contribution in [0.2, 0.25) is 0 Å². The summed E-state index contributed by atoms with van der Waals surface area (Å²) in [6.45, 7) is 0. The Morgan fingerprint density at radius 1 is 1.17 bits per heavy atom. The van der Waals surface area contributed by atoms with E-state index in [9.17, 15) is 4.79 Å². The first-order valence-corrected chi connectivity index (χ1v) is 5.52. The summed E-state index contributed by atoms with van der Waals surface area (Å²) in [5.41, 5.74) is 0.724. The van der Waals surface area contributed by atoms with E-state index in [1.807, 2.05) is 24.3 Å². The fourth-order valence-electron chi connectivity index (χ4n) is 1.81. The lowest BCUT2D eigenvalue weighted by Gasteiger charge is -2.06. The average molecular weight is 238 g/mol. The number of hydrogen-bond donors (Lipinski definition) is 1. The Balaban J connectivity index is 1.98. The summed E-state index contributed by atoms with van der Waals surface area (Å²) in [6, 6.07) is 10.9. The largest absolute Gasteiger partial charge is 0.459 e. The van der Waals surface area contributed by atoms with E-state index in [0.29, 0.717) is 0 Å². The van der Waals surface area contributed by atoms with Crippen molar-refractivity contribution in [2.24, 2.45) is 0 Å². The van der Waals surface area contributed by atoms with Crippen molar-refractivity contribution in [1.29, 1.82) is 0 Å². The summed E-state index contributed by atoms with van der Waals surface area (Å²) in [7, 11) is 0. The molecular formula is C14H10N2O2. The smallest absolute Gasteiger partial charge is 0.291 e. The second-order valence-electron chi connectivity index (χ2n) is 3.83. The van der Waals surface area contributed by atoms with Crippen LogP contribution in [0.5, 0.6) is 0 Å². The van der Waals surface area contributed by atoms with Crippen LogP contribution in [0, 0.1) is 0 Å². The number of pyridine rings is 1. The first kappa shape index (κ1) is 10.5. The van der Waals surface area contributed by atoms with Crippen molar-refractivity contribution in [3.05, 3.63) is 60.8 Å². The van der Waals surface area contributed by atoms with Crippen LogP contribution in [0.15, 0.2) is 59.5 Å². The van der Waals surface area contributed by atoms with Gasteiger partial charge in [0.15, 0.2) is 5.76 Å². The zero-order valence-corrected chi connectivity index (χ0v) is 9.46. The van der Waals surface area contributed by atoms with Crippen LogP contribution in [-0.4, -0.2) is 10.9 Å². The van der Waals surface area contributed by atoms with Crippen LogP contribution in [0.1, 0.15) is 10.6 Å². The van der Waals surface area contributed by atoms with Crippen molar-refractivity contribution in [2.45, 2.75) is 0 Å². The Kier molecular flexibility index (Phi) is 2.53. The maximum atomic E-state index is 11.9. The lowest BCUT2D eigenvalue weighted by Crippen LogP contribution is -2.11. The highest BCUT2D eigenvalue weighted by Gasteiger charge is 2.10. The first-order chi connectivity index (χ1) is 8.84. The quantitative estimate of drug-likeness (QED) is 0.746. The van der Waals surface area contributed by atoms with Gasteiger partial charge in [0.25, 0.3) is 5.91 Å². The van der Waals surface area contributed by atoms with Crippen LogP contribution < -0.4 is 5.32 Å². The van der Waals surface area contributed by atoms with Crippen molar-refractivity contribution in [1.82, 2.24) is 4.98 Å². The second kappa shape index (κ2) is 4.33. The number of aromatic nitrogens is 1. The third kappa shape index (κ3) is 1.84. The summed E-state index contributed by atoms with van der Waals surface area (Å²) >= 11 is 0. The number of hydrogen-bond acceptors (Lipinski definition) is 3. The van der Waals surface area contributed by atoms with Crippen LogP contribution in [0.25, 0.3) is 10.8 Å². The Bertz CT molecular complexity index is 685. The molecule has 0 saturated heterocycles.